The van der Waals surface area contributed by atoms with Crippen molar-refractivity contribution in [3.05, 3.63) is 30.1 Å². The van der Waals surface area contributed by atoms with Crippen LogP contribution in [0.3, 0.4) is 0 Å². The van der Waals surface area contributed by atoms with Crippen LogP contribution in [-0.4, -0.2) is 26.9 Å². The van der Waals surface area contributed by atoms with Crippen molar-refractivity contribution in [2.75, 3.05) is 0 Å². The molecule has 1 aromatic rings. The topological polar surface area (TPSA) is 88.7 Å². The zero-order chi connectivity index (χ0) is 12.0. The van der Waals surface area contributed by atoms with Gasteiger partial charge in [0.1, 0.15) is 0 Å². The molecule has 0 spiro atoms. The van der Waals surface area contributed by atoms with Gasteiger partial charge in [0.2, 0.25) is 0 Å². The van der Waals surface area contributed by atoms with Gasteiger partial charge in [0, 0.05) is 18.0 Å². The second-order valence-corrected chi connectivity index (χ2v) is 4.03. The van der Waals surface area contributed by atoms with Crippen molar-refractivity contribution < 1.29 is 14.6 Å². The maximum atomic E-state index is 11.4. The summed E-state index contributed by atoms with van der Waals surface area (Å²) in [5.41, 5.74) is -2.26. The van der Waals surface area contributed by atoms with Crippen molar-refractivity contribution in [2.24, 2.45) is 5.84 Å². The highest BCUT2D eigenvalue weighted by Gasteiger charge is 2.59. The Kier molecular flexibility index (Phi) is 2.14. The maximum absolute atomic E-state index is 11.4. The molecule has 0 saturated carbocycles. The van der Waals surface area contributed by atoms with Gasteiger partial charge in [-0.25, -0.2) is 15.6 Å². The lowest BCUT2D eigenvalue weighted by molar-refractivity contribution is -0.141. The number of pyridine rings is 1. The van der Waals surface area contributed by atoms with Gasteiger partial charge >= 0.3 is 6.09 Å². The fraction of sp³-hybridized carbons (Fsp3) is 0.400. The number of aliphatic hydroxyl groups is 1. The molecule has 0 radical (unpaired) electrons. The molecule has 0 unspecified atom stereocenters. The minimum atomic E-state index is -1.62. The second-order valence-electron chi connectivity index (χ2n) is 4.03. The molecule has 0 bridgehead atoms. The van der Waals surface area contributed by atoms with E-state index < -0.39 is 17.4 Å². The van der Waals surface area contributed by atoms with Crippen LogP contribution in [0, 0.1) is 0 Å². The summed E-state index contributed by atoms with van der Waals surface area (Å²) in [5.74, 6) is 5.46. The number of hydrogen-bond donors (Lipinski definition) is 2. The molecular formula is C10H13N3O3. The zero-order valence-electron chi connectivity index (χ0n) is 9.04. The third-order valence-corrected chi connectivity index (χ3v) is 3.07. The Balaban J connectivity index is 2.51. The summed E-state index contributed by atoms with van der Waals surface area (Å²) >= 11 is 0. The van der Waals surface area contributed by atoms with E-state index in [4.69, 9.17) is 10.6 Å². The van der Waals surface area contributed by atoms with Crippen LogP contribution < -0.4 is 5.84 Å². The number of nitrogens with two attached hydrogens (primary N) is 1. The normalized spacial score (nSPS) is 34.0. The first-order valence-electron chi connectivity index (χ1n) is 4.80. The molecule has 1 aliphatic rings. The molecule has 1 amide bonds. The average Bonchev–Trinajstić information content (AvgIpc) is 2.42. The Labute approximate surface area is 92.6 Å². The van der Waals surface area contributed by atoms with Crippen molar-refractivity contribution in [3.63, 3.8) is 0 Å². The van der Waals surface area contributed by atoms with Gasteiger partial charge in [0.15, 0.2) is 11.3 Å². The number of carbonyl (C=O) groups excluding carboxylic acids is 1. The molecular weight excluding hydrogens is 210 g/mol. The molecule has 16 heavy (non-hydrogen) atoms. The first-order chi connectivity index (χ1) is 7.39. The molecule has 2 rings (SSSR count). The summed E-state index contributed by atoms with van der Waals surface area (Å²) < 4.78 is 5.13. The molecule has 0 aliphatic carbocycles. The lowest BCUT2D eigenvalue weighted by Crippen LogP contribution is -2.56. The van der Waals surface area contributed by atoms with Gasteiger partial charge in [0.05, 0.1) is 0 Å². The summed E-state index contributed by atoms with van der Waals surface area (Å²) in [6, 6.07) is 3.41. The first kappa shape index (κ1) is 10.8. The van der Waals surface area contributed by atoms with E-state index in [2.05, 4.69) is 4.98 Å². The number of aromatic nitrogens is 1. The minimum Gasteiger partial charge on any atom is -0.432 e. The highest BCUT2D eigenvalue weighted by Crippen LogP contribution is 2.42. The van der Waals surface area contributed by atoms with Gasteiger partial charge in [-0.1, -0.05) is 6.07 Å². The van der Waals surface area contributed by atoms with E-state index in [1.54, 1.807) is 25.3 Å². The fourth-order valence-corrected chi connectivity index (χ4v) is 1.71. The molecule has 2 atom stereocenters. The Morgan fingerprint density at radius 3 is 2.69 bits per heavy atom. The molecule has 1 fully saturated rings. The van der Waals surface area contributed by atoms with Crippen LogP contribution in [0.1, 0.15) is 19.4 Å². The van der Waals surface area contributed by atoms with E-state index in [0.717, 1.165) is 0 Å². The average molecular weight is 223 g/mol. The van der Waals surface area contributed by atoms with Crippen molar-refractivity contribution in [3.8, 4) is 0 Å². The van der Waals surface area contributed by atoms with Gasteiger partial charge < -0.3 is 9.84 Å². The summed E-state index contributed by atoms with van der Waals surface area (Å²) in [4.78, 5) is 15.3. The molecule has 0 aromatic carbocycles. The fourth-order valence-electron chi connectivity index (χ4n) is 1.71. The Bertz CT molecular complexity index is 421. The first-order valence-corrected chi connectivity index (χ1v) is 4.80. The predicted octanol–water partition coefficient (Wildman–Crippen LogP) is 0.331. The van der Waals surface area contributed by atoms with Crippen LogP contribution in [-0.2, 0) is 10.3 Å². The van der Waals surface area contributed by atoms with E-state index >= 15 is 0 Å². The van der Waals surface area contributed by atoms with Crippen molar-refractivity contribution in [1.82, 2.24) is 9.99 Å². The van der Waals surface area contributed by atoms with Crippen molar-refractivity contribution in [2.45, 2.75) is 25.2 Å². The number of ether oxygens (including phenoxy) is 1. The monoisotopic (exact) mass is 223 g/mol. The summed E-state index contributed by atoms with van der Waals surface area (Å²) in [5, 5.41) is 10.9. The SMILES string of the molecule is C[C@]1(c2cccnc2)OC(=O)N(N)[C@@]1(C)O. The van der Waals surface area contributed by atoms with Crippen LogP contribution in [0.15, 0.2) is 24.5 Å². The van der Waals surface area contributed by atoms with Crippen molar-refractivity contribution >= 4 is 6.09 Å². The minimum absolute atomic E-state index is 0.585. The zero-order valence-corrected chi connectivity index (χ0v) is 9.04. The van der Waals surface area contributed by atoms with Gasteiger partial charge in [-0.05, 0) is 19.9 Å². The molecule has 6 nitrogen and oxygen atoms in total. The van der Waals surface area contributed by atoms with Crippen LogP contribution >= 0.6 is 0 Å². The number of hydrazine groups is 1. The van der Waals surface area contributed by atoms with E-state index in [1.807, 2.05) is 0 Å². The number of hydrogen-bond acceptors (Lipinski definition) is 5. The third-order valence-electron chi connectivity index (χ3n) is 3.07. The van der Waals surface area contributed by atoms with Gasteiger partial charge in [-0.3, -0.25) is 4.98 Å². The second kappa shape index (κ2) is 3.16. The predicted molar refractivity (Wildman–Crippen MR) is 54.7 cm³/mol. The summed E-state index contributed by atoms with van der Waals surface area (Å²) in [6.07, 6.45) is 2.36. The van der Waals surface area contributed by atoms with Gasteiger partial charge in [-0.15, -0.1) is 0 Å². The number of cyclic esters (lactones) is 1. The van der Waals surface area contributed by atoms with Crippen molar-refractivity contribution in [1.29, 1.82) is 0 Å². The highest BCUT2D eigenvalue weighted by atomic mass is 16.6. The lowest BCUT2D eigenvalue weighted by Gasteiger charge is -2.35. The molecule has 1 aromatic heterocycles. The van der Waals surface area contributed by atoms with E-state index in [9.17, 15) is 9.90 Å². The molecule has 1 aliphatic heterocycles. The standard InChI is InChI=1S/C10H13N3O3/c1-9(7-4-3-5-12-6-7)10(2,15)13(11)8(14)16-9/h3-6,15H,11H2,1-2H3/t9-,10+/m1/s1. The third kappa shape index (κ3) is 1.20. The molecule has 1 saturated heterocycles. The van der Waals surface area contributed by atoms with E-state index in [1.165, 1.54) is 13.1 Å². The number of nitrogens with zero attached hydrogens (tertiary/aromatic N) is 2. The van der Waals surface area contributed by atoms with Crippen LogP contribution in [0.5, 0.6) is 0 Å². The Morgan fingerprint density at radius 2 is 2.25 bits per heavy atom. The van der Waals surface area contributed by atoms with E-state index in [-0.39, 0.29) is 0 Å². The van der Waals surface area contributed by atoms with Gasteiger partial charge in [0.25, 0.3) is 0 Å². The Hall–Kier alpha value is -1.66. The number of rotatable bonds is 1. The lowest BCUT2D eigenvalue weighted by atomic mass is 9.87. The van der Waals surface area contributed by atoms with E-state index in [0.29, 0.717) is 10.6 Å². The molecule has 2 heterocycles. The van der Waals surface area contributed by atoms with Gasteiger partial charge in [-0.2, -0.15) is 0 Å². The summed E-state index contributed by atoms with van der Waals surface area (Å²) in [7, 11) is 0. The van der Waals surface area contributed by atoms with Crippen LogP contribution in [0.2, 0.25) is 0 Å². The van der Waals surface area contributed by atoms with Crippen LogP contribution in [0.4, 0.5) is 4.79 Å². The maximum Gasteiger partial charge on any atom is 0.427 e. The molecule has 6 heteroatoms. The largest absolute Gasteiger partial charge is 0.432 e. The highest BCUT2D eigenvalue weighted by molar-refractivity contribution is 5.71. The number of amides is 1. The quantitative estimate of drug-likeness (QED) is 0.529. The molecule has 3 N–H and O–H groups in total. The smallest absolute Gasteiger partial charge is 0.427 e. The summed E-state index contributed by atoms with van der Waals surface area (Å²) in [6.45, 7) is 3.01. The Morgan fingerprint density at radius 1 is 1.56 bits per heavy atom. The van der Waals surface area contributed by atoms with Crippen LogP contribution in [0.25, 0.3) is 0 Å². The molecule has 86 valence electrons. The number of carbonyl (C=O) groups is 1.